The minimum Gasteiger partial charge on any atom is -0.493 e. The highest BCUT2D eigenvalue weighted by molar-refractivity contribution is 5.86. The third kappa shape index (κ3) is 3.44. The van der Waals surface area contributed by atoms with Crippen LogP contribution < -0.4 is 4.74 Å². The van der Waals surface area contributed by atoms with Gasteiger partial charge < -0.3 is 9.84 Å². The lowest BCUT2D eigenvalue weighted by Gasteiger charge is -2.13. The molecule has 0 atom stereocenters. The Kier molecular flexibility index (Phi) is 4.80. The molecule has 1 aromatic carbocycles. The summed E-state index contributed by atoms with van der Waals surface area (Å²) in [5.41, 5.74) is 4.05. The number of hydrogen-bond donors (Lipinski definition) is 1. The van der Waals surface area contributed by atoms with Crippen LogP contribution in [-0.2, 0) is 6.54 Å². The first-order chi connectivity index (χ1) is 10.4. The van der Waals surface area contributed by atoms with Gasteiger partial charge in [-0.05, 0) is 38.8 Å². The van der Waals surface area contributed by atoms with Crippen LogP contribution in [0.15, 0.2) is 12.1 Å². The van der Waals surface area contributed by atoms with Gasteiger partial charge in [0.1, 0.15) is 5.75 Å². The Labute approximate surface area is 129 Å². The summed E-state index contributed by atoms with van der Waals surface area (Å²) in [7, 11) is 0. The Morgan fingerprint density at radius 3 is 2.41 bits per heavy atom. The summed E-state index contributed by atoms with van der Waals surface area (Å²) in [4.78, 5) is 10.9. The third-order valence-corrected chi connectivity index (χ3v) is 3.55. The van der Waals surface area contributed by atoms with Gasteiger partial charge in [-0.2, -0.15) is 0 Å². The fourth-order valence-electron chi connectivity index (χ4n) is 2.55. The van der Waals surface area contributed by atoms with Crippen molar-refractivity contribution in [1.29, 1.82) is 0 Å². The number of aryl methyl sites for hydroxylation is 4. The Hall–Kier alpha value is -2.37. The van der Waals surface area contributed by atoms with Gasteiger partial charge in [0.2, 0.25) is 0 Å². The second kappa shape index (κ2) is 6.60. The normalized spacial score (nSPS) is 10.7. The highest BCUT2D eigenvalue weighted by atomic mass is 16.5. The van der Waals surface area contributed by atoms with Crippen molar-refractivity contribution in [3.63, 3.8) is 0 Å². The zero-order chi connectivity index (χ0) is 16.3. The average Bonchev–Trinajstić information content (AvgIpc) is 2.78. The van der Waals surface area contributed by atoms with Crippen LogP contribution in [0, 0.1) is 27.7 Å². The van der Waals surface area contributed by atoms with Crippen LogP contribution in [0.5, 0.6) is 5.75 Å². The minimum atomic E-state index is -1.05. The van der Waals surface area contributed by atoms with Gasteiger partial charge in [-0.3, -0.25) is 0 Å². The van der Waals surface area contributed by atoms with E-state index in [4.69, 9.17) is 9.84 Å². The number of benzene rings is 1. The van der Waals surface area contributed by atoms with Crippen molar-refractivity contribution >= 4 is 5.97 Å². The summed E-state index contributed by atoms with van der Waals surface area (Å²) in [6, 6.07) is 4.20. The van der Waals surface area contributed by atoms with Crippen LogP contribution in [0.25, 0.3) is 0 Å². The van der Waals surface area contributed by atoms with Crippen molar-refractivity contribution in [3.05, 3.63) is 40.2 Å². The Morgan fingerprint density at radius 1 is 1.23 bits per heavy atom. The molecular formula is C16H21N3O3. The molecule has 1 aromatic heterocycles. The van der Waals surface area contributed by atoms with E-state index in [2.05, 4.69) is 29.4 Å². The Bertz CT molecular complexity index is 669. The molecule has 6 nitrogen and oxygen atoms in total. The van der Waals surface area contributed by atoms with E-state index in [1.165, 1.54) is 5.56 Å². The average molecular weight is 303 g/mol. The monoisotopic (exact) mass is 303 g/mol. The van der Waals surface area contributed by atoms with Crippen molar-refractivity contribution in [1.82, 2.24) is 15.0 Å². The second-order valence-electron chi connectivity index (χ2n) is 5.48. The molecule has 6 heteroatoms. The van der Waals surface area contributed by atoms with Crippen LogP contribution in [-0.4, -0.2) is 32.7 Å². The first kappa shape index (κ1) is 16.0. The minimum absolute atomic E-state index is 0.00569. The summed E-state index contributed by atoms with van der Waals surface area (Å²) >= 11 is 0. The molecule has 0 aliphatic heterocycles. The maximum Gasteiger partial charge on any atom is 0.358 e. The van der Waals surface area contributed by atoms with Crippen molar-refractivity contribution in [2.45, 2.75) is 40.7 Å². The van der Waals surface area contributed by atoms with Gasteiger partial charge in [0.05, 0.1) is 12.3 Å². The van der Waals surface area contributed by atoms with E-state index in [0.717, 1.165) is 23.3 Å². The van der Waals surface area contributed by atoms with Gasteiger partial charge in [-0.1, -0.05) is 22.9 Å². The summed E-state index contributed by atoms with van der Waals surface area (Å²) in [5.74, 6) is -0.127. The van der Waals surface area contributed by atoms with E-state index in [1.54, 1.807) is 11.6 Å². The summed E-state index contributed by atoms with van der Waals surface area (Å²) in [5, 5.41) is 16.5. The molecule has 0 aliphatic carbocycles. The van der Waals surface area contributed by atoms with E-state index >= 15 is 0 Å². The molecular weight excluding hydrogens is 282 g/mol. The number of hydrogen-bond acceptors (Lipinski definition) is 4. The fraction of sp³-hybridized carbons (Fsp3) is 0.438. The zero-order valence-corrected chi connectivity index (χ0v) is 13.4. The van der Waals surface area contributed by atoms with Gasteiger partial charge in [-0.25, -0.2) is 9.48 Å². The number of carbonyl (C=O) groups is 1. The molecule has 0 spiro atoms. The van der Waals surface area contributed by atoms with E-state index in [1.807, 2.05) is 13.8 Å². The van der Waals surface area contributed by atoms with Gasteiger partial charge in [-0.15, -0.1) is 5.10 Å². The van der Waals surface area contributed by atoms with E-state index < -0.39 is 5.97 Å². The van der Waals surface area contributed by atoms with Crippen LogP contribution >= 0.6 is 0 Å². The van der Waals surface area contributed by atoms with Crippen molar-refractivity contribution in [2.24, 2.45) is 0 Å². The van der Waals surface area contributed by atoms with Crippen LogP contribution in [0.4, 0.5) is 0 Å². The number of ether oxygens (including phenoxy) is 1. The van der Waals surface area contributed by atoms with Gasteiger partial charge >= 0.3 is 5.97 Å². The van der Waals surface area contributed by atoms with Gasteiger partial charge in [0.15, 0.2) is 5.69 Å². The van der Waals surface area contributed by atoms with Gasteiger partial charge in [0.25, 0.3) is 0 Å². The van der Waals surface area contributed by atoms with E-state index in [-0.39, 0.29) is 5.69 Å². The smallest absolute Gasteiger partial charge is 0.358 e. The van der Waals surface area contributed by atoms with Crippen molar-refractivity contribution in [3.8, 4) is 5.75 Å². The van der Waals surface area contributed by atoms with Crippen LogP contribution in [0.1, 0.15) is 39.3 Å². The molecule has 118 valence electrons. The predicted molar refractivity (Wildman–Crippen MR) is 82.5 cm³/mol. The molecule has 0 unspecified atom stereocenters. The highest BCUT2D eigenvalue weighted by Crippen LogP contribution is 2.24. The van der Waals surface area contributed by atoms with Crippen molar-refractivity contribution in [2.75, 3.05) is 6.61 Å². The SMILES string of the molecule is Cc1cc(C)c(OCCCn2nnc(C(=O)O)c2C)c(C)c1. The number of rotatable bonds is 6. The van der Waals surface area contributed by atoms with E-state index in [9.17, 15) is 4.79 Å². The molecule has 0 fully saturated rings. The molecule has 0 bridgehead atoms. The largest absolute Gasteiger partial charge is 0.493 e. The molecule has 1 heterocycles. The van der Waals surface area contributed by atoms with Gasteiger partial charge in [0, 0.05) is 13.0 Å². The highest BCUT2D eigenvalue weighted by Gasteiger charge is 2.14. The lowest BCUT2D eigenvalue weighted by molar-refractivity contribution is 0.0689. The maximum atomic E-state index is 10.9. The molecule has 2 rings (SSSR count). The molecule has 0 amide bonds. The topological polar surface area (TPSA) is 77.2 Å². The lowest BCUT2D eigenvalue weighted by Crippen LogP contribution is -2.09. The summed E-state index contributed by atoms with van der Waals surface area (Å²) in [6.07, 6.45) is 0.732. The third-order valence-electron chi connectivity index (χ3n) is 3.55. The predicted octanol–water partition coefficient (Wildman–Crippen LogP) is 2.68. The summed E-state index contributed by atoms with van der Waals surface area (Å²) in [6.45, 7) is 8.98. The Balaban J connectivity index is 1.92. The standard InChI is InChI=1S/C16H21N3O3/c1-10-8-11(2)15(12(3)9-10)22-7-5-6-19-13(4)14(16(20)21)17-18-19/h8-9H,5-7H2,1-4H3,(H,20,21). The first-order valence-corrected chi connectivity index (χ1v) is 7.24. The quantitative estimate of drug-likeness (QED) is 0.830. The molecule has 0 saturated heterocycles. The number of aromatic carboxylic acids is 1. The second-order valence-corrected chi connectivity index (χ2v) is 5.48. The Morgan fingerprint density at radius 2 is 1.86 bits per heavy atom. The maximum absolute atomic E-state index is 10.9. The van der Waals surface area contributed by atoms with E-state index in [0.29, 0.717) is 18.8 Å². The first-order valence-electron chi connectivity index (χ1n) is 7.24. The number of carboxylic acid groups (broad SMARTS) is 1. The fourth-order valence-corrected chi connectivity index (χ4v) is 2.55. The van der Waals surface area contributed by atoms with Crippen LogP contribution in [0.2, 0.25) is 0 Å². The molecule has 2 aromatic rings. The zero-order valence-electron chi connectivity index (χ0n) is 13.4. The molecule has 0 aliphatic rings. The molecule has 0 radical (unpaired) electrons. The number of nitrogens with zero attached hydrogens (tertiary/aromatic N) is 3. The lowest BCUT2D eigenvalue weighted by atomic mass is 10.1. The number of aromatic nitrogens is 3. The molecule has 1 N–H and O–H groups in total. The van der Waals surface area contributed by atoms with Crippen molar-refractivity contribution < 1.29 is 14.6 Å². The molecule has 22 heavy (non-hydrogen) atoms. The number of carboxylic acids is 1. The summed E-state index contributed by atoms with van der Waals surface area (Å²) < 4.78 is 7.46. The molecule has 0 saturated carbocycles. The van der Waals surface area contributed by atoms with Crippen LogP contribution in [0.3, 0.4) is 0 Å².